The zero-order valence-electron chi connectivity index (χ0n) is 14.3. The molecule has 4 N–H and O–H groups in total. The van der Waals surface area contributed by atoms with Gasteiger partial charge in [0.05, 0.1) is 22.9 Å². The summed E-state index contributed by atoms with van der Waals surface area (Å²) in [5.74, 6) is 0.0727. The van der Waals surface area contributed by atoms with Gasteiger partial charge in [-0.1, -0.05) is 23.1 Å². The summed E-state index contributed by atoms with van der Waals surface area (Å²) < 4.78 is 6.29. The van der Waals surface area contributed by atoms with E-state index in [-0.39, 0.29) is 23.5 Å². The second-order valence-electron chi connectivity index (χ2n) is 6.07. The van der Waals surface area contributed by atoms with Crippen LogP contribution >= 0.6 is 23.1 Å². The van der Waals surface area contributed by atoms with E-state index < -0.39 is 0 Å². The maximum Gasteiger partial charge on any atom is 0.323 e. The lowest BCUT2D eigenvalue weighted by Crippen LogP contribution is -2.18. The van der Waals surface area contributed by atoms with Crippen LogP contribution in [-0.2, 0) is 9.53 Å². The molecule has 11 heteroatoms. The van der Waals surface area contributed by atoms with Crippen LogP contribution in [0.15, 0.2) is 27.3 Å². The van der Waals surface area contributed by atoms with Gasteiger partial charge in [0.15, 0.2) is 4.34 Å². The molecule has 1 aliphatic rings. The van der Waals surface area contributed by atoms with E-state index in [0.717, 1.165) is 35.5 Å². The average molecular weight is 406 g/mol. The van der Waals surface area contributed by atoms with Crippen LogP contribution in [0.5, 0.6) is 0 Å². The van der Waals surface area contributed by atoms with E-state index in [0.29, 0.717) is 16.7 Å². The molecule has 1 aromatic carbocycles. The molecule has 3 heterocycles. The minimum absolute atomic E-state index is 0.152. The van der Waals surface area contributed by atoms with Gasteiger partial charge in [-0.3, -0.25) is 4.79 Å². The summed E-state index contributed by atoms with van der Waals surface area (Å²) in [5, 5.41) is 14.9. The highest BCUT2D eigenvalue weighted by Crippen LogP contribution is 2.26. The number of anilines is 2. The van der Waals surface area contributed by atoms with Gasteiger partial charge < -0.3 is 25.3 Å². The van der Waals surface area contributed by atoms with Crippen molar-refractivity contribution >= 4 is 50.9 Å². The maximum atomic E-state index is 12.1. The Hall–Kier alpha value is -2.37. The summed E-state index contributed by atoms with van der Waals surface area (Å²) in [7, 11) is 0. The SMILES string of the molecule is O=C(CSc1nnc(NC[C@H]2CCCO2)s1)Nc1ccc2[nH]c(=O)[nH]c2c1. The van der Waals surface area contributed by atoms with E-state index in [1.54, 1.807) is 18.2 Å². The Bertz CT molecular complexity index is 991. The van der Waals surface area contributed by atoms with Crippen LogP contribution in [-0.4, -0.2) is 51.1 Å². The van der Waals surface area contributed by atoms with Crippen molar-refractivity contribution in [3.05, 3.63) is 28.7 Å². The van der Waals surface area contributed by atoms with Crippen LogP contribution in [0, 0.1) is 0 Å². The summed E-state index contributed by atoms with van der Waals surface area (Å²) in [5.41, 5.74) is 1.70. The van der Waals surface area contributed by atoms with Crippen LogP contribution in [0.4, 0.5) is 10.8 Å². The number of imidazole rings is 1. The highest BCUT2D eigenvalue weighted by molar-refractivity contribution is 8.01. The first-order valence-corrected chi connectivity index (χ1v) is 10.3. The summed E-state index contributed by atoms with van der Waals surface area (Å²) in [6.45, 7) is 1.55. The molecule has 0 unspecified atom stereocenters. The first kappa shape index (κ1) is 18.0. The minimum atomic E-state index is -0.274. The van der Waals surface area contributed by atoms with E-state index in [4.69, 9.17) is 4.74 Å². The van der Waals surface area contributed by atoms with Gasteiger partial charge in [-0.15, -0.1) is 10.2 Å². The Morgan fingerprint density at radius 3 is 3.07 bits per heavy atom. The fourth-order valence-electron chi connectivity index (χ4n) is 2.78. The third-order valence-electron chi connectivity index (χ3n) is 4.04. The van der Waals surface area contributed by atoms with Gasteiger partial charge in [-0.2, -0.15) is 0 Å². The molecule has 1 amide bonds. The van der Waals surface area contributed by atoms with Crippen molar-refractivity contribution in [3.63, 3.8) is 0 Å². The van der Waals surface area contributed by atoms with Gasteiger partial charge in [0.1, 0.15) is 0 Å². The molecule has 142 valence electrons. The molecule has 4 rings (SSSR count). The molecule has 1 saturated heterocycles. The van der Waals surface area contributed by atoms with Crippen molar-refractivity contribution in [2.75, 3.05) is 29.5 Å². The molecule has 3 aromatic rings. The lowest BCUT2D eigenvalue weighted by Gasteiger charge is -2.08. The first-order chi connectivity index (χ1) is 13.2. The second-order valence-corrected chi connectivity index (χ2v) is 8.27. The molecule has 27 heavy (non-hydrogen) atoms. The third-order valence-corrected chi connectivity index (χ3v) is 6.05. The van der Waals surface area contributed by atoms with Gasteiger partial charge in [-0.25, -0.2) is 4.79 Å². The zero-order chi connectivity index (χ0) is 18.6. The maximum absolute atomic E-state index is 12.1. The Kier molecular flexibility index (Phi) is 5.41. The van der Waals surface area contributed by atoms with Crippen LogP contribution < -0.4 is 16.3 Å². The molecule has 1 atom stereocenters. The van der Waals surface area contributed by atoms with Gasteiger partial charge >= 0.3 is 5.69 Å². The number of ether oxygens (including phenoxy) is 1. The molecule has 0 radical (unpaired) electrons. The van der Waals surface area contributed by atoms with Crippen molar-refractivity contribution < 1.29 is 9.53 Å². The molecule has 0 aliphatic carbocycles. The number of thioether (sulfide) groups is 1. The van der Waals surface area contributed by atoms with E-state index in [1.165, 1.54) is 23.1 Å². The van der Waals surface area contributed by atoms with Gasteiger partial charge in [0.25, 0.3) is 0 Å². The van der Waals surface area contributed by atoms with Gasteiger partial charge in [0.2, 0.25) is 11.0 Å². The Morgan fingerprint density at radius 2 is 2.22 bits per heavy atom. The molecule has 0 bridgehead atoms. The number of H-pyrrole nitrogens is 2. The predicted octanol–water partition coefficient (Wildman–Crippen LogP) is 2.03. The standard InChI is InChI=1S/C16H18N6O3S2/c23-13(18-9-3-4-11-12(6-9)20-14(24)19-11)8-26-16-22-21-15(27-16)17-7-10-2-1-5-25-10/h3-4,6,10H,1-2,5,7-8H2,(H,17,21)(H,18,23)(H2,19,20,24)/t10-/m1/s1. The summed E-state index contributed by atoms with van der Waals surface area (Å²) >= 11 is 2.75. The predicted molar refractivity (Wildman–Crippen MR) is 106 cm³/mol. The molecule has 1 aliphatic heterocycles. The largest absolute Gasteiger partial charge is 0.376 e. The van der Waals surface area contributed by atoms with E-state index >= 15 is 0 Å². The number of aromatic nitrogens is 4. The number of aromatic amines is 2. The molecule has 0 saturated carbocycles. The van der Waals surface area contributed by atoms with Crippen LogP contribution in [0.25, 0.3) is 11.0 Å². The van der Waals surface area contributed by atoms with Crippen molar-refractivity contribution in [2.45, 2.75) is 23.3 Å². The number of rotatable bonds is 7. The van der Waals surface area contributed by atoms with Crippen LogP contribution in [0.2, 0.25) is 0 Å². The Labute approximate surface area is 162 Å². The van der Waals surface area contributed by atoms with Crippen molar-refractivity contribution in [2.24, 2.45) is 0 Å². The fourth-order valence-corrected chi connectivity index (χ4v) is 4.34. The number of carbonyl (C=O) groups is 1. The monoisotopic (exact) mass is 406 g/mol. The minimum Gasteiger partial charge on any atom is -0.376 e. The molecule has 9 nitrogen and oxygen atoms in total. The van der Waals surface area contributed by atoms with Crippen molar-refractivity contribution in [1.29, 1.82) is 0 Å². The van der Waals surface area contributed by atoms with Crippen LogP contribution in [0.1, 0.15) is 12.8 Å². The number of nitrogens with zero attached hydrogens (tertiary/aromatic N) is 2. The number of nitrogens with one attached hydrogen (secondary N) is 4. The normalized spacial score (nSPS) is 16.7. The number of benzene rings is 1. The molecular weight excluding hydrogens is 388 g/mol. The topological polar surface area (TPSA) is 125 Å². The lowest BCUT2D eigenvalue weighted by molar-refractivity contribution is -0.113. The Morgan fingerprint density at radius 1 is 1.33 bits per heavy atom. The van der Waals surface area contributed by atoms with E-state index in [9.17, 15) is 9.59 Å². The lowest BCUT2D eigenvalue weighted by atomic mass is 10.2. The molecule has 0 spiro atoms. The highest BCUT2D eigenvalue weighted by Gasteiger charge is 2.16. The third kappa shape index (κ3) is 4.67. The van der Waals surface area contributed by atoms with E-state index in [2.05, 4.69) is 30.8 Å². The molecule has 1 fully saturated rings. The number of carbonyl (C=O) groups excluding carboxylic acids is 1. The van der Waals surface area contributed by atoms with Crippen LogP contribution in [0.3, 0.4) is 0 Å². The van der Waals surface area contributed by atoms with Gasteiger partial charge in [-0.05, 0) is 31.0 Å². The van der Waals surface area contributed by atoms with E-state index in [1.807, 2.05) is 0 Å². The number of hydrogen-bond acceptors (Lipinski definition) is 8. The van der Waals surface area contributed by atoms with Gasteiger partial charge in [0, 0.05) is 18.8 Å². The summed E-state index contributed by atoms with van der Waals surface area (Å²) in [4.78, 5) is 28.8. The molecular formula is C16H18N6O3S2. The second kappa shape index (κ2) is 8.11. The van der Waals surface area contributed by atoms with Crippen molar-refractivity contribution in [3.8, 4) is 0 Å². The zero-order valence-corrected chi connectivity index (χ0v) is 15.9. The number of amides is 1. The molecule has 2 aromatic heterocycles. The number of fused-ring (bicyclic) bond motifs is 1. The number of hydrogen-bond donors (Lipinski definition) is 4. The average Bonchev–Trinajstić information content (AvgIpc) is 3.38. The Balaban J connectivity index is 1.26. The fraction of sp³-hybridized carbons (Fsp3) is 0.375. The quantitative estimate of drug-likeness (QED) is 0.443. The smallest absolute Gasteiger partial charge is 0.323 e. The van der Waals surface area contributed by atoms with Crippen molar-refractivity contribution in [1.82, 2.24) is 20.2 Å². The summed E-state index contributed by atoms with van der Waals surface area (Å²) in [6, 6.07) is 5.20. The highest BCUT2D eigenvalue weighted by atomic mass is 32.2. The summed E-state index contributed by atoms with van der Waals surface area (Å²) in [6.07, 6.45) is 2.41. The first-order valence-electron chi connectivity index (χ1n) is 8.49.